The Hall–Kier alpha value is -1.98. The highest BCUT2D eigenvalue weighted by atomic mass is 16.6. The van der Waals surface area contributed by atoms with Gasteiger partial charge >= 0.3 is 11.9 Å². The molecule has 1 aliphatic heterocycles. The van der Waals surface area contributed by atoms with Gasteiger partial charge in [-0.25, -0.2) is 9.59 Å². The molecule has 0 N–H and O–H groups in total. The molecule has 0 atom stereocenters. The van der Waals surface area contributed by atoms with Crippen molar-refractivity contribution in [2.75, 3.05) is 13.7 Å². The average molecular weight is 325 g/mol. The third kappa shape index (κ3) is 5.30. The number of carbonyl (C=O) groups excluding carboxylic acids is 2. The van der Waals surface area contributed by atoms with Crippen molar-refractivity contribution in [1.29, 1.82) is 0 Å². The van der Waals surface area contributed by atoms with E-state index >= 15 is 0 Å². The van der Waals surface area contributed by atoms with Crippen molar-refractivity contribution in [3.63, 3.8) is 0 Å². The predicted molar refractivity (Wildman–Crippen MR) is 86.4 cm³/mol. The average Bonchev–Trinajstić information content (AvgIpc) is 2.64. The van der Waals surface area contributed by atoms with Crippen molar-refractivity contribution in [3.8, 4) is 0 Å². The first kappa shape index (κ1) is 19.1. The Bertz CT molecular complexity index is 493. The number of hydrogen-bond donors (Lipinski definition) is 0. The molecule has 1 aliphatic rings. The molecule has 0 spiro atoms. The zero-order valence-electron chi connectivity index (χ0n) is 15.0. The Morgan fingerprint density at radius 3 is 1.96 bits per heavy atom. The summed E-state index contributed by atoms with van der Waals surface area (Å²) >= 11 is 0. The van der Waals surface area contributed by atoms with Crippen LogP contribution < -0.4 is 0 Å². The molecule has 23 heavy (non-hydrogen) atoms. The summed E-state index contributed by atoms with van der Waals surface area (Å²) in [5.74, 6) is -0.827. The molecule has 0 radical (unpaired) electrons. The molecule has 0 aromatic carbocycles. The molecule has 1 rings (SSSR count). The van der Waals surface area contributed by atoms with Crippen molar-refractivity contribution < 1.29 is 23.8 Å². The van der Waals surface area contributed by atoms with Crippen molar-refractivity contribution in [1.82, 2.24) is 4.90 Å². The Morgan fingerprint density at radius 2 is 1.61 bits per heavy atom. The van der Waals surface area contributed by atoms with Gasteiger partial charge in [-0.3, -0.25) is 0 Å². The molecule has 0 unspecified atom stereocenters. The van der Waals surface area contributed by atoms with Gasteiger partial charge in [-0.2, -0.15) is 0 Å². The Labute approximate surface area is 138 Å². The van der Waals surface area contributed by atoms with Gasteiger partial charge in [0.05, 0.1) is 17.7 Å². The van der Waals surface area contributed by atoms with Gasteiger partial charge in [0.15, 0.2) is 5.88 Å². The highest BCUT2D eigenvalue weighted by Gasteiger charge is 2.33. The maximum Gasteiger partial charge on any atom is 0.345 e. The van der Waals surface area contributed by atoms with E-state index in [2.05, 4.69) is 0 Å². The first-order chi connectivity index (χ1) is 10.5. The molecular formula is C17H27NO5. The van der Waals surface area contributed by atoms with Gasteiger partial charge in [-0.05, 0) is 53.7 Å². The number of esters is 2. The number of ether oxygens (including phenoxy) is 3. The molecule has 1 saturated heterocycles. The van der Waals surface area contributed by atoms with E-state index in [4.69, 9.17) is 14.2 Å². The molecule has 0 aromatic rings. The number of nitrogens with zero attached hydrogens (tertiary/aromatic N) is 1. The summed E-state index contributed by atoms with van der Waals surface area (Å²) in [6.45, 7) is 11.5. The van der Waals surface area contributed by atoms with Crippen LogP contribution in [-0.2, 0) is 23.8 Å². The second-order valence-corrected chi connectivity index (χ2v) is 6.65. The van der Waals surface area contributed by atoms with Crippen LogP contribution in [0.2, 0.25) is 0 Å². The molecule has 0 aromatic heterocycles. The maximum atomic E-state index is 12.1. The Morgan fingerprint density at radius 1 is 1.13 bits per heavy atom. The van der Waals surface area contributed by atoms with E-state index in [-0.39, 0.29) is 23.3 Å². The fraction of sp³-hybridized carbons (Fsp3) is 0.647. The van der Waals surface area contributed by atoms with Crippen LogP contribution >= 0.6 is 0 Å². The SMILES string of the molecule is CC(C)OC(=O)C(=CC=C1OCC(C)(C)N1C)C(=O)OC(C)C. The lowest BCUT2D eigenvalue weighted by Crippen LogP contribution is -2.36. The van der Waals surface area contributed by atoms with Crippen LogP contribution in [0.4, 0.5) is 0 Å². The highest BCUT2D eigenvalue weighted by Crippen LogP contribution is 2.27. The third-order valence-corrected chi connectivity index (χ3v) is 3.33. The van der Waals surface area contributed by atoms with E-state index in [0.29, 0.717) is 12.5 Å². The Balaban J connectivity index is 3.04. The van der Waals surface area contributed by atoms with Crippen molar-refractivity contribution in [2.24, 2.45) is 0 Å². The van der Waals surface area contributed by atoms with Crippen LogP contribution in [0.25, 0.3) is 0 Å². The lowest BCUT2D eigenvalue weighted by Gasteiger charge is -2.25. The minimum atomic E-state index is -0.706. The van der Waals surface area contributed by atoms with Gasteiger partial charge in [0.1, 0.15) is 12.2 Å². The number of allylic oxidation sites excluding steroid dienone is 2. The van der Waals surface area contributed by atoms with Gasteiger partial charge < -0.3 is 19.1 Å². The van der Waals surface area contributed by atoms with Gasteiger partial charge in [0, 0.05) is 7.05 Å². The minimum absolute atomic E-state index is 0.142. The molecule has 6 heteroatoms. The summed E-state index contributed by atoms with van der Waals surface area (Å²) in [5, 5.41) is 0. The smallest absolute Gasteiger partial charge is 0.345 e. The molecule has 0 saturated carbocycles. The van der Waals surface area contributed by atoms with Crippen molar-refractivity contribution >= 4 is 11.9 Å². The lowest BCUT2D eigenvalue weighted by atomic mass is 10.1. The van der Waals surface area contributed by atoms with E-state index in [1.54, 1.807) is 33.8 Å². The molecule has 0 bridgehead atoms. The second kappa shape index (κ2) is 7.53. The summed E-state index contributed by atoms with van der Waals surface area (Å²) < 4.78 is 15.8. The number of carbonyl (C=O) groups is 2. The fourth-order valence-electron chi connectivity index (χ4n) is 1.83. The molecule has 0 amide bonds. The van der Waals surface area contributed by atoms with Crippen LogP contribution in [-0.4, -0.2) is 48.2 Å². The molecular weight excluding hydrogens is 298 g/mol. The predicted octanol–water partition coefficient (Wildman–Crippen LogP) is 2.40. The molecule has 6 nitrogen and oxygen atoms in total. The van der Waals surface area contributed by atoms with Gasteiger partial charge in [0.2, 0.25) is 0 Å². The number of hydrogen-bond acceptors (Lipinski definition) is 6. The van der Waals surface area contributed by atoms with Crippen LogP contribution in [0.15, 0.2) is 23.6 Å². The molecule has 1 fully saturated rings. The summed E-state index contributed by atoms with van der Waals surface area (Å²) in [4.78, 5) is 26.2. The van der Waals surface area contributed by atoms with Gasteiger partial charge in [0.25, 0.3) is 0 Å². The van der Waals surface area contributed by atoms with Crippen molar-refractivity contribution in [3.05, 3.63) is 23.6 Å². The van der Waals surface area contributed by atoms with E-state index in [1.165, 1.54) is 6.08 Å². The molecule has 0 aliphatic carbocycles. The highest BCUT2D eigenvalue weighted by molar-refractivity contribution is 6.14. The van der Waals surface area contributed by atoms with Gasteiger partial charge in [-0.1, -0.05) is 0 Å². The summed E-state index contributed by atoms with van der Waals surface area (Å²) in [5.41, 5.74) is -0.293. The first-order valence-corrected chi connectivity index (χ1v) is 7.75. The van der Waals surface area contributed by atoms with E-state index in [0.717, 1.165) is 0 Å². The topological polar surface area (TPSA) is 65.1 Å². The molecule has 1 heterocycles. The lowest BCUT2D eigenvalue weighted by molar-refractivity contribution is -0.150. The monoisotopic (exact) mass is 325 g/mol. The summed E-state index contributed by atoms with van der Waals surface area (Å²) in [6, 6.07) is 0. The van der Waals surface area contributed by atoms with Crippen LogP contribution in [0.5, 0.6) is 0 Å². The molecule has 130 valence electrons. The van der Waals surface area contributed by atoms with Gasteiger partial charge in [-0.15, -0.1) is 0 Å². The summed E-state index contributed by atoms with van der Waals surface area (Å²) in [7, 11) is 1.89. The standard InChI is InChI=1S/C17H27NO5/c1-11(2)22-15(19)13(16(20)23-12(3)4)8-9-14-18(7)17(5,6)10-21-14/h8-9,11-12H,10H2,1-7H3. The first-order valence-electron chi connectivity index (χ1n) is 7.75. The zero-order valence-corrected chi connectivity index (χ0v) is 15.0. The second-order valence-electron chi connectivity index (χ2n) is 6.65. The zero-order chi connectivity index (χ0) is 17.8. The Kier molecular flexibility index (Phi) is 6.24. The largest absolute Gasteiger partial charge is 0.477 e. The fourth-order valence-corrected chi connectivity index (χ4v) is 1.83. The quantitative estimate of drug-likeness (QED) is 0.335. The van der Waals surface area contributed by atoms with E-state index < -0.39 is 11.9 Å². The van der Waals surface area contributed by atoms with E-state index in [1.807, 2.05) is 25.8 Å². The number of likely N-dealkylation sites (N-methyl/N-ethyl adjacent to an activating group) is 1. The number of rotatable bonds is 5. The van der Waals surface area contributed by atoms with Crippen LogP contribution in [0.3, 0.4) is 0 Å². The third-order valence-electron chi connectivity index (χ3n) is 3.33. The minimum Gasteiger partial charge on any atom is -0.477 e. The van der Waals surface area contributed by atoms with Crippen LogP contribution in [0, 0.1) is 0 Å². The van der Waals surface area contributed by atoms with Crippen LogP contribution in [0.1, 0.15) is 41.5 Å². The maximum absolute atomic E-state index is 12.1. The van der Waals surface area contributed by atoms with E-state index in [9.17, 15) is 9.59 Å². The summed E-state index contributed by atoms with van der Waals surface area (Å²) in [6.07, 6.45) is 2.33. The normalized spacial score (nSPS) is 18.1. The van der Waals surface area contributed by atoms with Crippen molar-refractivity contribution in [2.45, 2.75) is 59.3 Å².